The van der Waals surface area contributed by atoms with Crippen molar-refractivity contribution in [2.45, 2.75) is 66.5 Å². The fourth-order valence-electron chi connectivity index (χ4n) is 2.29. The Morgan fingerprint density at radius 3 is 2.06 bits per heavy atom. The highest BCUT2D eigenvalue weighted by atomic mass is 16.5. The van der Waals surface area contributed by atoms with Crippen molar-refractivity contribution in [2.24, 2.45) is 5.41 Å². The Balaban J connectivity index is 4.73. The lowest BCUT2D eigenvalue weighted by Crippen LogP contribution is -2.45. The molecule has 0 spiro atoms. The van der Waals surface area contributed by atoms with E-state index in [4.69, 9.17) is 4.74 Å². The average molecular weight is 243 g/mol. The van der Waals surface area contributed by atoms with Gasteiger partial charge in [0, 0.05) is 25.1 Å². The molecule has 102 valence electrons. The molecule has 3 nitrogen and oxygen atoms in total. The number of carbonyl (C=O) groups excluding carboxylic acids is 1. The summed E-state index contributed by atoms with van der Waals surface area (Å²) in [5, 5.41) is 0. The van der Waals surface area contributed by atoms with Crippen LogP contribution >= 0.6 is 0 Å². The third kappa shape index (κ3) is 5.07. The van der Waals surface area contributed by atoms with Gasteiger partial charge in [0.1, 0.15) is 0 Å². The van der Waals surface area contributed by atoms with Crippen molar-refractivity contribution in [3.05, 3.63) is 0 Å². The molecule has 0 aromatic heterocycles. The molecule has 0 bridgehead atoms. The van der Waals surface area contributed by atoms with Gasteiger partial charge < -0.3 is 9.64 Å². The topological polar surface area (TPSA) is 29.5 Å². The molecule has 3 heteroatoms. The van der Waals surface area contributed by atoms with Crippen molar-refractivity contribution in [3.8, 4) is 0 Å². The van der Waals surface area contributed by atoms with Gasteiger partial charge in [-0.2, -0.15) is 0 Å². The third-order valence-corrected chi connectivity index (χ3v) is 3.08. The van der Waals surface area contributed by atoms with Crippen LogP contribution in [0, 0.1) is 5.41 Å². The minimum absolute atomic E-state index is 0.181. The predicted molar refractivity (Wildman–Crippen MR) is 72.0 cm³/mol. The molecule has 0 rings (SSSR count). The first kappa shape index (κ1) is 16.4. The van der Waals surface area contributed by atoms with E-state index in [0.29, 0.717) is 6.61 Å². The highest BCUT2D eigenvalue weighted by Crippen LogP contribution is 2.32. The maximum Gasteiger partial charge on any atom is 0.228 e. The van der Waals surface area contributed by atoms with E-state index in [1.165, 1.54) is 0 Å². The van der Waals surface area contributed by atoms with Gasteiger partial charge in [0.05, 0.1) is 5.60 Å². The van der Waals surface area contributed by atoms with Crippen molar-refractivity contribution in [1.82, 2.24) is 4.90 Å². The Labute approximate surface area is 107 Å². The molecule has 0 saturated heterocycles. The minimum Gasteiger partial charge on any atom is -0.376 e. The van der Waals surface area contributed by atoms with E-state index in [1.807, 2.05) is 60.4 Å². The van der Waals surface area contributed by atoms with Crippen LogP contribution < -0.4 is 0 Å². The Kier molecular flexibility index (Phi) is 5.66. The zero-order chi connectivity index (χ0) is 13.9. The van der Waals surface area contributed by atoms with Crippen LogP contribution in [0.1, 0.15) is 54.9 Å². The maximum atomic E-state index is 12.4. The molecule has 0 radical (unpaired) electrons. The van der Waals surface area contributed by atoms with Crippen molar-refractivity contribution in [2.75, 3.05) is 13.7 Å². The molecule has 0 unspecified atom stereocenters. The van der Waals surface area contributed by atoms with Crippen LogP contribution in [0.4, 0.5) is 0 Å². The summed E-state index contributed by atoms with van der Waals surface area (Å²) >= 11 is 0. The lowest BCUT2D eigenvalue weighted by Gasteiger charge is -2.37. The van der Waals surface area contributed by atoms with E-state index in [-0.39, 0.29) is 17.6 Å². The number of rotatable bonds is 6. The first-order valence-corrected chi connectivity index (χ1v) is 6.44. The highest BCUT2D eigenvalue weighted by Gasteiger charge is 2.37. The number of hydrogen-bond donors (Lipinski definition) is 0. The smallest absolute Gasteiger partial charge is 0.228 e. The molecular weight excluding hydrogens is 214 g/mol. The standard InChI is InChI=1S/C14H29NO2/c1-9-17-14(6,7)10-13(4,5)12(16)15(8)11(2)3/h11H,9-10H2,1-8H3. The lowest BCUT2D eigenvalue weighted by atomic mass is 9.80. The molecule has 0 saturated carbocycles. The molecule has 0 atom stereocenters. The van der Waals surface area contributed by atoms with Gasteiger partial charge in [0.15, 0.2) is 0 Å². The van der Waals surface area contributed by atoms with Crippen LogP contribution in [0.25, 0.3) is 0 Å². The van der Waals surface area contributed by atoms with Crippen molar-refractivity contribution in [3.63, 3.8) is 0 Å². The number of carbonyl (C=O) groups is 1. The van der Waals surface area contributed by atoms with Gasteiger partial charge in [-0.05, 0) is 41.0 Å². The summed E-state index contributed by atoms with van der Waals surface area (Å²) in [6.07, 6.45) is 0.726. The van der Waals surface area contributed by atoms with Gasteiger partial charge in [-0.25, -0.2) is 0 Å². The van der Waals surface area contributed by atoms with Gasteiger partial charge in [-0.3, -0.25) is 4.79 Å². The van der Waals surface area contributed by atoms with Crippen LogP contribution in [0.2, 0.25) is 0 Å². The van der Waals surface area contributed by atoms with Crippen LogP contribution in [0.3, 0.4) is 0 Å². The first-order chi connectivity index (χ1) is 7.53. The highest BCUT2D eigenvalue weighted by molar-refractivity contribution is 5.82. The predicted octanol–water partition coefficient (Wildman–Crippen LogP) is 3.08. The summed E-state index contributed by atoms with van der Waals surface area (Å²) in [4.78, 5) is 14.2. The third-order valence-electron chi connectivity index (χ3n) is 3.08. The Morgan fingerprint density at radius 2 is 1.71 bits per heavy atom. The molecule has 17 heavy (non-hydrogen) atoms. The van der Waals surface area contributed by atoms with E-state index < -0.39 is 5.41 Å². The van der Waals surface area contributed by atoms with E-state index in [2.05, 4.69) is 0 Å². The molecule has 0 aliphatic rings. The minimum atomic E-state index is -0.391. The van der Waals surface area contributed by atoms with Crippen molar-refractivity contribution in [1.29, 1.82) is 0 Å². The van der Waals surface area contributed by atoms with Crippen LogP contribution in [0.5, 0.6) is 0 Å². The van der Waals surface area contributed by atoms with E-state index in [0.717, 1.165) is 6.42 Å². The molecule has 0 aliphatic carbocycles. The van der Waals surface area contributed by atoms with E-state index >= 15 is 0 Å². The van der Waals surface area contributed by atoms with Gasteiger partial charge >= 0.3 is 0 Å². The van der Waals surface area contributed by atoms with Crippen LogP contribution in [-0.2, 0) is 9.53 Å². The second-order valence-electron chi connectivity index (χ2n) is 6.26. The fraction of sp³-hybridized carbons (Fsp3) is 0.929. The Morgan fingerprint density at radius 1 is 1.24 bits per heavy atom. The maximum absolute atomic E-state index is 12.4. The molecule has 0 N–H and O–H groups in total. The molecule has 1 amide bonds. The monoisotopic (exact) mass is 243 g/mol. The molecular formula is C14H29NO2. The molecule has 0 aromatic carbocycles. The van der Waals surface area contributed by atoms with Crippen molar-refractivity contribution >= 4 is 5.91 Å². The zero-order valence-electron chi connectivity index (χ0n) is 12.8. The molecule has 0 heterocycles. The fourth-order valence-corrected chi connectivity index (χ4v) is 2.29. The van der Waals surface area contributed by atoms with E-state index in [9.17, 15) is 4.79 Å². The van der Waals surface area contributed by atoms with Gasteiger partial charge in [-0.1, -0.05) is 13.8 Å². The van der Waals surface area contributed by atoms with Crippen LogP contribution in [0.15, 0.2) is 0 Å². The van der Waals surface area contributed by atoms with Crippen molar-refractivity contribution < 1.29 is 9.53 Å². The average Bonchev–Trinajstić information content (AvgIpc) is 2.13. The first-order valence-electron chi connectivity index (χ1n) is 6.44. The second-order valence-corrected chi connectivity index (χ2v) is 6.26. The summed E-state index contributed by atoms with van der Waals surface area (Å²) in [6.45, 7) is 14.8. The summed E-state index contributed by atoms with van der Waals surface area (Å²) in [7, 11) is 1.86. The molecule has 0 aromatic rings. The normalized spacial score (nSPS) is 13.0. The van der Waals surface area contributed by atoms with Gasteiger partial charge in [-0.15, -0.1) is 0 Å². The summed E-state index contributed by atoms with van der Waals surface area (Å²) in [5.41, 5.74) is -0.649. The quantitative estimate of drug-likeness (QED) is 0.717. The molecule has 0 fully saturated rings. The van der Waals surface area contributed by atoms with Gasteiger partial charge in [0.2, 0.25) is 5.91 Å². The summed E-state index contributed by atoms with van der Waals surface area (Å²) < 4.78 is 5.68. The Hall–Kier alpha value is -0.570. The van der Waals surface area contributed by atoms with E-state index in [1.54, 1.807) is 0 Å². The number of ether oxygens (including phenoxy) is 1. The summed E-state index contributed by atoms with van der Waals surface area (Å²) in [6, 6.07) is 0.233. The molecule has 0 aliphatic heterocycles. The Bertz CT molecular complexity index is 257. The lowest BCUT2D eigenvalue weighted by molar-refractivity contribution is -0.145. The number of nitrogens with zero attached hydrogens (tertiary/aromatic N) is 1. The number of hydrogen-bond acceptors (Lipinski definition) is 2. The SMILES string of the molecule is CCOC(C)(C)CC(C)(C)C(=O)N(C)C(C)C. The largest absolute Gasteiger partial charge is 0.376 e. The summed E-state index contributed by atoms with van der Waals surface area (Å²) in [5.74, 6) is 0.181. The van der Waals surface area contributed by atoms with Gasteiger partial charge in [0.25, 0.3) is 0 Å². The zero-order valence-corrected chi connectivity index (χ0v) is 12.8. The van der Waals surface area contributed by atoms with Crippen LogP contribution in [-0.4, -0.2) is 36.1 Å². The number of amides is 1. The second kappa shape index (κ2) is 5.85.